The summed E-state index contributed by atoms with van der Waals surface area (Å²) < 4.78 is 0. The molecular formula is C24H29ClN4O2S. The van der Waals surface area contributed by atoms with E-state index in [4.69, 9.17) is 11.6 Å². The second-order valence-corrected chi connectivity index (χ2v) is 10.0. The number of para-hydroxylation sites is 1. The number of amidine groups is 1. The Morgan fingerprint density at radius 2 is 1.81 bits per heavy atom. The first kappa shape index (κ1) is 23.1. The Labute approximate surface area is 198 Å². The molecule has 1 aliphatic heterocycles. The number of aromatic nitrogens is 1. The van der Waals surface area contributed by atoms with Crippen LogP contribution < -0.4 is 0 Å². The Kier molecular flexibility index (Phi) is 7.05. The minimum Gasteiger partial charge on any atom is -0.287 e. The van der Waals surface area contributed by atoms with E-state index in [1.807, 2.05) is 31.2 Å². The molecule has 1 fully saturated rings. The van der Waals surface area contributed by atoms with E-state index in [1.165, 1.54) is 43.0 Å². The van der Waals surface area contributed by atoms with Crippen LogP contribution in [0.5, 0.6) is 0 Å². The molecule has 4 rings (SSSR count). The number of aryl methyl sites for hydroxylation is 1. The summed E-state index contributed by atoms with van der Waals surface area (Å²) in [5, 5.41) is 7.49. The van der Waals surface area contributed by atoms with Crippen LogP contribution in [0.25, 0.3) is 10.9 Å². The number of carbonyl (C=O) groups excluding carboxylic acids is 2. The van der Waals surface area contributed by atoms with Gasteiger partial charge in [-0.2, -0.15) is 0 Å². The van der Waals surface area contributed by atoms with E-state index >= 15 is 0 Å². The summed E-state index contributed by atoms with van der Waals surface area (Å²) in [5.41, 5.74) is 2.62. The topological polar surface area (TPSA) is 65.9 Å². The molecule has 1 unspecified atom stereocenters. The van der Waals surface area contributed by atoms with Crippen LogP contribution in [0.4, 0.5) is 0 Å². The lowest BCUT2D eigenvalue weighted by atomic mass is 9.96. The lowest BCUT2D eigenvalue weighted by Gasteiger charge is -2.31. The lowest BCUT2D eigenvalue weighted by Crippen LogP contribution is -2.42. The number of hydrazone groups is 1. The lowest BCUT2D eigenvalue weighted by molar-refractivity contribution is -0.130. The van der Waals surface area contributed by atoms with Crippen LogP contribution in [0.3, 0.4) is 0 Å². The Hall–Kier alpha value is -2.12. The van der Waals surface area contributed by atoms with Gasteiger partial charge in [-0.3, -0.25) is 14.5 Å². The first-order valence-electron chi connectivity index (χ1n) is 11.3. The van der Waals surface area contributed by atoms with Crippen LogP contribution in [0.1, 0.15) is 75.3 Å². The number of fused-ring (bicyclic) bond motifs is 1. The van der Waals surface area contributed by atoms with Gasteiger partial charge in [0.05, 0.1) is 5.52 Å². The maximum atomic E-state index is 12.7. The third kappa shape index (κ3) is 4.64. The fourth-order valence-electron chi connectivity index (χ4n) is 4.61. The van der Waals surface area contributed by atoms with Gasteiger partial charge in [0.15, 0.2) is 5.17 Å². The van der Waals surface area contributed by atoms with Crippen molar-refractivity contribution in [2.75, 3.05) is 0 Å². The Morgan fingerprint density at radius 1 is 1.12 bits per heavy atom. The van der Waals surface area contributed by atoms with Crippen molar-refractivity contribution in [3.05, 3.63) is 40.5 Å². The fourth-order valence-corrected chi connectivity index (χ4v) is 6.24. The molecule has 8 heteroatoms. The molecule has 0 bridgehead atoms. The van der Waals surface area contributed by atoms with Crippen molar-refractivity contribution in [3.63, 3.8) is 0 Å². The van der Waals surface area contributed by atoms with E-state index < -0.39 is 5.37 Å². The number of benzene rings is 1. The normalized spacial score (nSPS) is 20.1. The third-order valence-corrected chi connectivity index (χ3v) is 7.70. The molecule has 1 saturated carbocycles. The van der Waals surface area contributed by atoms with Crippen molar-refractivity contribution in [3.8, 4) is 0 Å². The van der Waals surface area contributed by atoms with Crippen molar-refractivity contribution in [2.45, 2.75) is 77.1 Å². The molecule has 1 aliphatic carbocycles. The predicted octanol–water partition coefficient (Wildman–Crippen LogP) is 6.02. The number of carbonyl (C=O) groups is 2. The first-order chi connectivity index (χ1) is 15.4. The standard InChI is InChI=1S/C24H29ClN4O2S/c1-15-10-9-11-18-14-20(22(25)26-21(15)18)23-29(17(3)31)27-24(32-23)28(16(2)30)19-12-7-5-4-6-8-13-19/h9-11,14,19,23H,4-8,12-13H2,1-3H3. The monoisotopic (exact) mass is 472 g/mol. The highest BCUT2D eigenvalue weighted by Gasteiger charge is 2.39. The van der Waals surface area contributed by atoms with E-state index in [9.17, 15) is 9.59 Å². The van der Waals surface area contributed by atoms with Gasteiger partial charge in [-0.25, -0.2) is 9.99 Å². The zero-order valence-corrected chi connectivity index (χ0v) is 20.4. The van der Waals surface area contributed by atoms with Gasteiger partial charge in [-0.15, -0.1) is 5.10 Å². The van der Waals surface area contributed by atoms with Crippen molar-refractivity contribution in [2.24, 2.45) is 5.10 Å². The van der Waals surface area contributed by atoms with E-state index in [0.29, 0.717) is 10.3 Å². The quantitative estimate of drug-likeness (QED) is 0.501. The smallest absolute Gasteiger partial charge is 0.241 e. The second-order valence-electron chi connectivity index (χ2n) is 8.62. The average Bonchev–Trinajstić information content (AvgIpc) is 3.14. The molecule has 32 heavy (non-hydrogen) atoms. The van der Waals surface area contributed by atoms with Gasteiger partial charge in [-0.1, -0.05) is 73.7 Å². The number of rotatable bonds is 2. The maximum absolute atomic E-state index is 12.7. The van der Waals surface area contributed by atoms with Crippen molar-refractivity contribution in [1.29, 1.82) is 0 Å². The molecule has 2 amide bonds. The van der Waals surface area contributed by atoms with Gasteiger partial charge in [-0.05, 0) is 31.4 Å². The summed E-state index contributed by atoms with van der Waals surface area (Å²) in [6.45, 7) is 5.07. The zero-order chi connectivity index (χ0) is 22.8. The number of hydrogen-bond acceptors (Lipinski definition) is 5. The van der Waals surface area contributed by atoms with Gasteiger partial charge in [0.25, 0.3) is 0 Å². The van der Waals surface area contributed by atoms with Crippen LogP contribution in [0.2, 0.25) is 5.15 Å². The molecule has 0 saturated heterocycles. The van der Waals surface area contributed by atoms with Gasteiger partial charge in [0.1, 0.15) is 10.5 Å². The molecule has 6 nitrogen and oxygen atoms in total. The minimum absolute atomic E-state index is 0.0377. The summed E-state index contributed by atoms with van der Waals surface area (Å²) >= 11 is 8.01. The Bertz CT molecular complexity index is 1070. The predicted molar refractivity (Wildman–Crippen MR) is 130 cm³/mol. The molecule has 2 aromatic rings. The van der Waals surface area contributed by atoms with Gasteiger partial charge in [0.2, 0.25) is 11.8 Å². The molecule has 2 heterocycles. The molecule has 170 valence electrons. The number of nitrogens with zero attached hydrogens (tertiary/aromatic N) is 4. The van der Waals surface area contributed by atoms with Crippen LogP contribution in [-0.2, 0) is 9.59 Å². The Balaban J connectivity index is 1.69. The first-order valence-corrected chi connectivity index (χ1v) is 12.5. The number of thioether (sulfide) groups is 1. The van der Waals surface area contributed by atoms with Crippen molar-refractivity contribution < 1.29 is 9.59 Å². The number of pyridine rings is 1. The SMILES string of the molecule is CC(=O)N1N=C(N(C(C)=O)C2CCCCCCC2)SC1c1cc2cccc(C)c2nc1Cl. The van der Waals surface area contributed by atoms with Gasteiger partial charge in [0, 0.05) is 30.8 Å². The summed E-state index contributed by atoms with van der Waals surface area (Å²) in [4.78, 5) is 31.6. The molecule has 2 aliphatic rings. The summed E-state index contributed by atoms with van der Waals surface area (Å²) in [5.74, 6) is -0.233. The maximum Gasteiger partial charge on any atom is 0.241 e. The molecule has 1 aromatic carbocycles. The van der Waals surface area contributed by atoms with E-state index in [-0.39, 0.29) is 17.9 Å². The van der Waals surface area contributed by atoms with Gasteiger partial charge < -0.3 is 0 Å². The highest BCUT2D eigenvalue weighted by molar-refractivity contribution is 8.14. The largest absolute Gasteiger partial charge is 0.287 e. The van der Waals surface area contributed by atoms with Gasteiger partial charge >= 0.3 is 0 Å². The summed E-state index contributed by atoms with van der Waals surface area (Å²) in [7, 11) is 0. The summed E-state index contributed by atoms with van der Waals surface area (Å²) in [6.07, 6.45) is 7.78. The molecule has 0 N–H and O–H groups in total. The third-order valence-electron chi connectivity index (χ3n) is 6.23. The van der Waals surface area contributed by atoms with Crippen LogP contribution >= 0.6 is 23.4 Å². The number of amides is 2. The average molecular weight is 473 g/mol. The number of hydrogen-bond donors (Lipinski definition) is 0. The summed E-state index contributed by atoms with van der Waals surface area (Å²) in [6, 6.07) is 8.07. The van der Waals surface area contributed by atoms with E-state index in [1.54, 1.807) is 11.8 Å². The second kappa shape index (κ2) is 9.79. The van der Waals surface area contributed by atoms with Crippen molar-refractivity contribution >= 4 is 51.2 Å². The van der Waals surface area contributed by atoms with E-state index in [0.717, 1.165) is 47.7 Å². The highest BCUT2D eigenvalue weighted by atomic mass is 35.5. The molecule has 0 radical (unpaired) electrons. The van der Waals surface area contributed by atoms with Crippen LogP contribution in [0.15, 0.2) is 29.4 Å². The van der Waals surface area contributed by atoms with Crippen LogP contribution in [-0.4, -0.2) is 37.9 Å². The zero-order valence-electron chi connectivity index (χ0n) is 18.8. The highest BCUT2D eigenvalue weighted by Crippen LogP contribution is 2.44. The molecular weight excluding hydrogens is 444 g/mol. The molecule has 1 atom stereocenters. The fraction of sp³-hybridized carbons (Fsp3) is 0.500. The van der Waals surface area contributed by atoms with E-state index in [2.05, 4.69) is 10.1 Å². The molecule has 1 aromatic heterocycles. The van der Waals surface area contributed by atoms with Crippen LogP contribution in [0, 0.1) is 6.92 Å². The van der Waals surface area contributed by atoms with Crippen molar-refractivity contribution in [1.82, 2.24) is 14.9 Å². The molecule has 0 spiro atoms. The number of halogens is 1. The Morgan fingerprint density at radius 3 is 2.47 bits per heavy atom. The minimum atomic E-state index is -0.456.